The van der Waals surface area contributed by atoms with Gasteiger partial charge in [-0.3, -0.25) is 19.2 Å². The summed E-state index contributed by atoms with van der Waals surface area (Å²) in [6, 6.07) is 0. The van der Waals surface area contributed by atoms with Crippen molar-refractivity contribution in [2.24, 2.45) is 11.8 Å². The average molecular weight is 312 g/mol. The van der Waals surface area contributed by atoms with E-state index in [0.29, 0.717) is 0 Å². The fourth-order valence-corrected chi connectivity index (χ4v) is 2.97. The van der Waals surface area contributed by atoms with Gasteiger partial charge in [-0.05, 0) is 20.8 Å². The van der Waals surface area contributed by atoms with Crippen molar-refractivity contribution in [3.63, 3.8) is 0 Å². The van der Waals surface area contributed by atoms with Crippen molar-refractivity contribution in [2.75, 3.05) is 7.11 Å². The maximum Gasteiger partial charge on any atom is 0.311 e. The summed E-state index contributed by atoms with van der Waals surface area (Å²) in [4.78, 5) is 48.0. The Balaban J connectivity index is 2.22. The summed E-state index contributed by atoms with van der Waals surface area (Å²) in [6.45, 7) is 5.10. The van der Waals surface area contributed by atoms with E-state index in [0.717, 1.165) is 0 Å². The van der Waals surface area contributed by atoms with Gasteiger partial charge in [-0.15, -0.1) is 0 Å². The Morgan fingerprint density at radius 2 is 1.95 bits per heavy atom. The molecule has 1 aliphatic carbocycles. The molecule has 0 aromatic carbocycles. The quantitative estimate of drug-likeness (QED) is 0.561. The van der Waals surface area contributed by atoms with Gasteiger partial charge in [0.25, 0.3) is 0 Å². The normalized spacial score (nSPS) is 30.7. The molecular formula is C15H20O7. The van der Waals surface area contributed by atoms with E-state index < -0.39 is 40.9 Å². The van der Waals surface area contributed by atoms with Crippen LogP contribution in [0.25, 0.3) is 0 Å². The summed E-state index contributed by atoms with van der Waals surface area (Å²) in [5.74, 6) is -3.76. The van der Waals surface area contributed by atoms with Crippen LogP contribution in [0.2, 0.25) is 0 Å². The van der Waals surface area contributed by atoms with Gasteiger partial charge in [0.15, 0.2) is 11.4 Å². The van der Waals surface area contributed by atoms with Gasteiger partial charge in [0.2, 0.25) is 0 Å². The predicted molar refractivity (Wildman–Crippen MR) is 72.5 cm³/mol. The monoisotopic (exact) mass is 312 g/mol. The summed E-state index contributed by atoms with van der Waals surface area (Å²) < 4.78 is 15.1. The van der Waals surface area contributed by atoms with Crippen molar-refractivity contribution in [1.82, 2.24) is 0 Å². The molecule has 3 atom stereocenters. The number of Topliss-reactive ketones (excluding diaryl/α,β-unsaturated/α-hetero) is 1. The Hall–Kier alpha value is -1.92. The van der Waals surface area contributed by atoms with Gasteiger partial charge in [-0.25, -0.2) is 0 Å². The van der Waals surface area contributed by atoms with Crippen LogP contribution in [0.4, 0.5) is 0 Å². The zero-order valence-electron chi connectivity index (χ0n) is 13.1. The Morgan fingerprint density at radius 3 is 2.50 bits per heavy atom. The van der Waals surface area contributed by atoms with E-state index in [1.165, 1.54) is 7.11 Å². The predicted octanol–water partition coefficient (Wildman–Crippen LogP) is 0.782. The van der Waals surface area contributed by atoms with Gasteiger partial charge >= 0.3 is 17.9 Å². The molecule has 0 amide bonds. The Morgan fingerprint density at radius 1 is 1.32 bits per heavy atom. The Bertz CT molecular complexity index is 530. The third-order valence-corrected chi connectivity index (χ3v) is 3.90. The third-order valence-electron chi connectivity index (χ3n) is 3.90. The third kappa shape index (κ3) is 2.98. The molecular weight excluding hydrogens is 292 g/mol. The fourth-order valence-electron chi connectivity index (χ4n) is 2.97. The molecule has 3 aliphatic rings. The molecule has 7 nitrogen and oxygen atoms in total. The highest BCUT2D eigenvalue weighted by Crippen LogP contribution is 2.45. The zero-order valence-corrected chi connectivity index (χ0v) is 13.1. The number of methoxy groups -OCH3 is 1. The first kappa shape index (κ1) is 16.5. The number of ether oxygens (including phenoxy) is 3. The Kier molecular flexibility index (Phi) is 4.02. The van der Waals surface area contributed by atoms with Crippen LogP contribution in [0.3, 0.4) is 0 Å². The average Bonchev–Trinajstić information content (AvgIpc) is 2.37. The lowest BCUT2D eigenvalue weighted by atomic mass is 9.66. The number of carbonyl (C=O) groups is 4. The number of ketones is 1. The van der Waals surface area contributed by atoms with Crippen molar-refractivity contribution in [3.8, 4) is 0 Å². The fraction of sp³-hybridized carbons (Fsp3) is 0.733. The maximum absolute atomic E-state index is 12.2. The first-order valence-electron chi connectivity index (χ1n) is 7.14. The van der Waals surface area contributed by atoms with Crippen LogP contribution in [-0.2, 0) is 33.4 Å². The molecule has 0 aromatic heterocycles. The van der Waals surface area contributed by atoms with Gasteiger partial charge in [0, 0.05) is 12.8 Å². The van der Waals surface area contributed by atoms with Crippen molar-refractivity contribution in [1.29, 1.82) is 0 Å². The minimum atomic E-state index is -1.60. The molecule has 1 saturated carbocycles. The topological polar surface area (TPSA) is 96.0 Å². The second-order valence-electron chi connectivity index (χ2n) is 6.75. The minimum Gasteiger partial charge on any atom is -0.469 e. The second-order valence-corrected chi connectivity index (χ2v) is 6.75. The molecule has 0 N–H and O–H groups in total. The summed E-state index contributed by atoms with van der Waals surface area (Å²) in [5, 5.41) is 0. The number of hydrogen-bond acceptors (Lipinski definition) is 7. The van der Waals surface area contributed by atoms with Gasteiger partial charge < -0.3 is 14.2 Å². The Labute approximate surface area is 128 Å². The van der Waals surface area contributed by atoms with E-state index >= 15 is 0 Å². The number of esters is 3. The SMILES string of the molecule is COC(=O)[C@@H]1C[C@]2(CC(=O)OC(C)(C)C)OC(=O)[C@H]1CC2=O. The summed E-state index contributed by atoms with van der Waals surface area (Å²) in [6.07, 6.45) is -0.523. The van der Waals surface area contributed by atoms with Crippen LogP contribution < -0.4 is 0 Å². The number of rotatable bonds is 3. The molecule has 22 heavy (non-hydrogen) atoms. The van der Waals surface area contributed by atoms with Crippen molar-refractivity contribution in [2.45, 2.75) is 51.2 Å². The van der Waals surface area contributed by atoms with Crippen LogP contribution >= 0.6 is 0 Å². The molecule has 3 rings (SSSR count). The van der Waals surface area contributed by atoms with Gasteiger partial charge in [0.1, 0.15) is 5.60 Å². The number of carbonyl (C=O) groups excluding carboxylic acids is 4. The van der Waals surface area contributed by atoms with Crippen molar-refractivity contribution < 1.29 is 33.4 Å². The molecule has 122 valence electrons. The molecule has 7 heteroatoms. The van der Waals surface area contributed by atoms with Crippen molar-refractivity contribution in [3.05, 3.63) is 0 Å². The summed E-state index contributed by atoms with van der Waals surface area (Å²) in [5.41, 5.74) is -2.32. The molecule has 0 aromatic rings. The molecule has 3 fully saturated rings. The van der Waals surface area contributed by atoms with E-state index in [1.807, 2.05) is 0 Å². The highest BCUT2D eigenvalue weighted by Gasteiger charge is 2.61. The van der Waals surface area contributed by atoms with Crippen LogP contribution in [0.5, 0.6) is 0 Å². The van der Waals surface area contributed by atoms with Crippen molar-refractivity contribution >= 4 is 23.7 Å². The smallest absolute Gasteiger partial charge is 0.311 e. The molecule has 2 bridgehead atoms. The lowest BCUT2D eigenvalue weighted by Crippen LogP contribution is -2.61. The van der Waals surface area contributed by atoms with Crippen LogP contribution in [0.15, 0.2) is 0 Å². The van der Waals surface area contributed by atoms with Crippen LogP contribution in [0.1, 0.15) is 40.0 Å². The van der Waals surface area contributed by atoms with E-state index in [1.54, 1.807) is 20.8 Å². The van der Waals surface area contributed by atoms with Gasteiger partial charge in [-0.2, -0.15) is 0 Å². The summed E-state index contributed by atoms with van der Waals surface area (Å²) >= 11 is 0. The lowest BCUT2D eigenvalue weighted by Gasteiger charge is -2.46. The molecule has 2 aliphatic heterocycles. The molecule has 2 saturated heterocycles. The van der Waals surface area contributed by atoms with Gasteiger partial charge in [-0.1, -0.05) is 0 Å². The first-order chi connectivity index (χ1) is 10.1. The highest BCUT2D eigenvalue weighted by atomic mass is 16.6. The van der Waals surface area contributed by atoms with E-state index in [9.17, 15) is 19.2 Å². The van der Waals surface area contributed by atoms with Crippen LogP contribution in [-0.4, -0.2) is 42.0 Å². The largest absolute Gasteiger partial charge is 0.469 e. The molecule has 0 spiro atoms. The zero-order chi connectivity index (χ0) is 16.7. The first-order valence-corrected chi connectivity index (χ1v) is 7.14. The second kappa shape index (κ2) is 5.37. The van der Waals surface area contributed by atoms with E-state index in [2.05, 4.69) is 4.74 Å². The van der Waals surface area contributed by atoms with Crippen LogP contribution in [0, 0.1) is 11.8 Å². The lowest BCUT2D eigenvalue weighted by molar-refractivity contribution is -0.206. The molecule has 2 heterocycles. The highest BCUT2D eigenvalue weighted by molar-refractivity contribution is 6.02. The molecule has 0 radical (unpaired) electrons. The molecule has 0 unspecified atom stereocenters. The maximum atomic E-state index is 12.2. The van der Waals surface area contributed by atoms with E-state index in [4.69, 9.17) is 9.47 Å². The number of hydrogen-bond donors (Lipinski definition) is 0. The minimum absolute atomic E-state index is 0.0336. The standard InChI is InChI=1S/C15H20O7/c1-14(2,3)21-11(17)7-15-6-9(12(18)20-4)8(5-10(15)16)13(19)22-15/h8-9H,5-7H2,1-4H3/t8-,9+,15+/m0/s1. The number of fused-ring (bicyclic) bond motifs is 3. The van der Waals surface area contributed by atoms with Gasteiger partial charge in [0.05, 0.1) is 25.4 Å². The summed E-state index contributed by atoms with van der Waals surface area (Å²) in [7, 11) is 1.22. The van der Waals surface area contributed by atoms with E-state index in [-0.39, 0.29) is 25.0 Å².